The van der Waals surface area contributed by atoms with Crippen molar-refractivity contribution in [1.82, 2.24) is 19.8 Å². The van der Waals surface area contributed by atoms with Crippen molar-refractivity contribution in [1.29, 1.82) is 0 Å². The monoisotopic (exact) mass is 358 g/mol. The Kier molecular flexibility index (Phi) is 5.53. The highest BCUT2D eigenvalue weighted by Crippen LogP contribution is 2.22. The molecule has 3 saturated heterocycles. The summed E-state index contributed by atoms with van der Waals surface area (Å²) in [5.74, 6) is 2.37. The molecule has 1 amide bonds. The van der Waals surface area contributed by atoms with Crippen molar-refractivity contribution < 1.29 is 4.79 Å². The smallest absolute Gasteiger partial charge is 0.236 e. The average Bonchev–Trinajstić information content (AvgIpc) is 3.24. The molecule has 0 aromatic carbocycles. The fraction of sp³-hybridized carbons (Fsp3) is 0.737. The number of carbonyl (C=O) groups is 1. The molecule has 0 unspecified atom stereocenters. The molecule has 1 aromatic heterocycles. The van der Waals surface area contributed by atoms with Gasteiger partial charge in [-0.15, -0.1) is 0 Å². The van der Waals surface area contributed by atoms with Crippen LogP contribution in [-0.2, 0) is 4.79 Å². The van der Waals surface area contributed by atoms with Gasteiger partial charge in [0, 0.05) is 58.4 Å². The van der Waals surface area contributed by atoms with Gasteiger partial charge in [-0.2, -0.15) is 0 Å². The van der Waals surface area contributed by atoms with E-state index in [9.17, 15) is 4.79 Å². The molecule has 4 heterocycles. The number of carbonyl (C=O) groups excluding carboxylic acids is 1. The molecule has 0 aliphatic carbocycles. The normalized spacial score (nSPS) is 22.1. The first kappa shape index (κ1) is 17.5. The van der Waals surface area contributed by atoms with Gasteiger partial charge < -0.3 is 14.7 Å². The van der Waals surface area contributed by atoms with Crippen molar-refractivity contribution >= 4 is 17.5 Å². The van der Waals surface area contributed by atoms with E-state index in [1.807, 2.05) is 4.90 Å². The average molecular weight is 358 g/mol. The Morgan fingerprint density at radius 1 is 0.769 bits per heavy atom. The van der Waals surface area contributed by atoms with Crippen LogP contribution in [0, 0.1) is 0 Å². The molecular formula is C19H30N6O. The number of likely N-dealkylation sites (tertiary alicyclic amines) is 1. The molecule has 0 spiro atoms. The highest BCUT2D eigenvalue weighted by atomic mass is 16.2. The molecule has 0 N–H and O–H groups in total. The molecule has 7 nitrogen and oxygen atoms in total. The first-order valence-electron chi connectivity index (χ1n) is 10.1. The van der Waals surface area contributed by atoms with Gasteiger partial charge in [-0.05, 0) is 32.1 Å². The highest BCUT2D eigenvalue weighted by molar-refractivity contribution is 5.78. The summed E-state index contributed by atoms with van der Waals surface area (Å²) in [5, 5.41) is 0. The van der Waals surface area contributed by atoms with E-state index in [2.05, 4.69) is 30.7 Å². The van der Waals surface area contributed by atoms with Crippen LogP contribution >= 0.6 is 0 Å². The van der Waals surface area contributed by atoms with Crippen LogP contribution in [0.5, 0.6) is 0 Å². The van der Waals surface area contributed by atoms with Gasteiger partial charge in [-0.25, -0.2) is 9.97 Å². The summed E-state index contributed by atoms with van der Waals surface area (Å²) >= 11 is 0. The van der Waals surface area contributed by atoms with Gasteiger partial charge in [-0.3, -0.25) is 9.69 Å². The second-order valence-electron chi connectivity index (χ2n) is 7.63. The molecule has 1 aromatic rings. The summed E-state index contributed by atoms with van der Waals surface area (Å²) < 4.78 is 0. The molecule has 3 aliphatic heterocycles. The number of amides is 1. The lowest BCUT2D eigenvalue weighted by molar-refractivity contribution is -0.133. The van der Waals surface area contributed by atoms with Crippen LogP contribution in [-0.4, -0.2) is 84.6 Å². The fourth-order valence-corrected chi connectivity index (χ4v) is 4.20. The lowest BCUT2D eigenvalue weighted by Gasteiger charge is -2.36. The summed E-state index contributed by atoms with van der Waals surface area (Å²) in [7, 11) is 0. The second-order valence-corrected chi connectivity index (χ2v) is 7.63. The molecule has 7 heteroatoms. The van der Waals surface area contributed by atoms with Crippen LogP contribution < -0.4 is 9.80 Å². The van der Waals surface area contributed by atoms with Crippen LogP contribution in [0.25, 0.3) is 0 Å². The molecule has 3 fully saturated rings. The van der Waals surface area contributed by atoms with Crippen molar-refractivity contribution in [2.24, 2.45) is 0 Å². The number of aromatic nitrogens is 2. The maximum Gasteiger partial charge on any atom is 0.236 e. The zero-order valence-electron chi connectivity index (χ0n) is 15.6. The molecule has 0 bridgehead atoms. The van der Waals surface area contributed by atoms with E-state index in [4.69, 9.17) is 0 Å². The Labute approximate surface area is 156 Å². The Morgan fingerprint density at radius 2 is 1.35 bits per heavy atom. The Hall–Kier alpha value is -1.89. The molecule has 26 heavy (non-hydrogen) atoms. The zero-order valence-corrected chi connectivity index (χ0v) is 15.6. The number of rotatable bonds is 4. The maximum atomic E-state index is 12.5. The van der Waals surface area contributed by atoms with Gasteiger partial charge in [-0.1, -0.05) is 0 Å². The number of nitrogens with zero attached hydrogens (tertiary/aromatic N) is 6. The minimum Gasteiger partial charge on any atom is -0.356 e. The van der Waals surface area contributed by atoms with Gasteiger partial charge in [0.15, 0.2) is 0 Å². The summed E-state index contributed by atoms with van der Waals surface area (Å²) in [6.07, 6.45) is 7.78. The zero-order chi connectivity index (χ0) is 17.8. The van der Waals surface area contributed by atoms with Crippen molar-refractivity contribution in [3.05, 3.63) is 12.4 Å². The largest absolute Gasteiger partial charge is 0.356 e. The summed E-state index contributed by atoms with van der Waals surface area (Å²) in [6, 6.07) is 2.12. The van der Waals surface area contributed by atoms with E-state index >= 15 is 0 Å². The number of hydrogen-bond donors (Lipinski definition) is 0. The second kappa shape index (κ2) is 8.20. The standard InChI is InChI=1S/C19H30N6O/c26-19(25-8-2-1-3-9-25)15-22-10-12-24(13-11-22)18-14-17(20-16-21-18)23-6-4-5-7-23/h14,16H,1-13,15H2. The van der Waals surface area contributed by atoms with E-state index in [0.29, 0.717) is 12.5 Å². The third kappa shape index (κ3) is 4.09. The van der Waals surface area contributed by atoms with E-state index < -0.39 is 0 Å². The molecular weight excluding hydrogens is 328 g/mol. The predicted octanol–water partition coefficient (Wildman–Crippen LogP) is 1.21. The fourth-order valence-electron chi connectivity index (χ4n) is 4.20. The lowest BCUT2D eigenvalue weighted by atomic mass is 10.1. The topological polar surface area (TPSA) is 55.8 Å². The van der Waals surface area contributed by atoms with Crippen molar-refractivity contribution in [2.45, 2.75) is 32.1 Å². The van der Waals surface area contributed by atoms with Crippen LogP contribution in [0.15, 0.2) is 12.4 Å². The number of piperazine rings is 1. The van der Waals surface area contributed by atoms with E-state index in [1.165, 1.54) is 19.3 Å². The van der Waals surface area contributed by atoms with Gasteiger partial charge in [0.05, 0.1) is 6.54 Å². The van der Waals surface area contributed by atoms with Gasteiger partial charge in [0.1, 0.15) is 18.0 Å². The quantitative estimate of drug-likeness (QED) is 0.806. The first-order valence-corrected chi connectivity index (χ1v) is 10.1. The third-order valence-electron chi connectivity index (χ3n) is 5.83. The highest BCUT2D eigenvalue weighted by Gasteiger charge is 2.24. The minimum atomic E-state index is 0.302. The van der Waals surface area contributed by atoms with Crippen LogP contribution in [0.2, 0.25) is 0 Å². The number of hydrogen-bond acceptors (Lipinski definition) is 6. The molecule has 0 radical (unpaired) electrons. The van der Waals surface area contributed by atoms with Crippen LogP contribution in [0.3, 0.4) is 0 Å². The van der Waals surface area contributed by atoms with E-state index in [1.54, 1.807) is 6.33 Å². The van der Waals surface area contributed by atoms with Gasteiger partial charge >= 0.3 is 0 Å². The maximum absolute atomic E-state index is 12.5. The molecule has 0 atom stereocenters. The van der Waals surface area contributed by atoms with E-state index in [-0.39, 0.29) is 0 Å². The molecule has 142 valence electrons. The number of piperidine rings is 1. The Bertz CT molecular complexity index is 604. The van der Waals surface area contributed by atoms with Crippen molar-refractivity contribution in [2.75, 3.05) is 68.7 Å². The third-order valence-corrected chi connectivity index (χ3v) is 5.83. The summed E-state index contributed by atoms with van der Waals surface area (Å²) in [5.41, 5.74) is 0. The van der Waals surface area contributed by atoms with Crippen LogP contribution in [0.1, 0.15) is 32.1 Å². The SMILES string of the molecule is O=C(CN1CCN(c2cc(N3CCCC3)ncn2)CC1)N1CCCCC1. The van der Waals surface area contributed by atoms with Gasteiger partial charge in [0.2, 0.25) is 5.91 Å². The van der Waals surface area contributed by atoms with E-state index in [0.717, 1.165) is 76.8 Å². The van der Waals surface area contributed by atoms with Crippen molar-refractivity contribution in [3.8, 4) is 0 Å². The van der Waals surface area contributed by atoms with Gasteiger partial charge in [0.25, 0.3) is 0 Å². The lowest BCUT2D eigenvalue weighted by Crippen LogP contribution is -2.51. The molecule has 0 saturated carbocycles. The van der Waals surface area contributed by atoms with Crippen LogP contribution in [0.4, 0.5) is 11.6 Å². The van der Waals surface area contributed by atoms with Crippen molar-refractivity contribution in [3.63, 3.8) is 0 Å². The summed E-state index contributed by atoms with van der Waals surface area (Å²) in [4.78, 5) is 30.4. The summed E-state index contributed by atoms with van der Waals surface area (Å²) in [6.45, 7) is 8.33. The molecule has 3 aliphatic rings. The number of anilines is 2. The first-order chi connectivity index (χ1) is 12.8. The minimum absolute atomic E-state index is 0.302. The Morgan fingerprint density at radius 3 is 2.00 bits per heavy atom. The predicted molar refractivity (Wildman–Crippen MR) is 103 cm³/mol. The molecule has 4 rings (SSSR count). The Balaban J connectivity index is 1.29.